The molecule has 184 valence electrons. The third-order valence-corrected chi connectivity index (χ3v) is 8.48. The maximum absolute atomic E-state index is 13.5. The zero-order chi connectivity index (χ0) is 24.4. The number of nitrogens with zero attached hydrogens (tertiary/aromatic N) is 3. The molecule has 6 nitrogen and oxygen atoms in total. The van der Waals surface area contributed by atoms with Gasteiger partial charge >= 0.3 is 6.18 Å². The smallest absolute Gasteiger partial charge is 0.332 e. The largest absolute Gasteiger partial charge is 0.416 e. The summed E-state index contributed by atoms with van der Waals surface area (Å²) in [4.78, 5) is 36.6. The van der Waals surface area contributed by atoms with Crippen LogP contribution in [0.4, 0.5) is 19.0 Å². The standard InChI is InChI=1S/C26H27F3N4O2/c27-26(28,29)19-3-1-2-18(9-19)23(34)33-5-4-20-21(13-33)30-14-31-22(20)32-24(35)25-10-15-6-16(11-25)8-17(7-15)12-25/h1-3,9,14-17H,4-8,10-13H2,(H,30,31,32,35). The van der Waals surface area contributed by atoms with E-state index >= 15 is 0 Å². The average molecular weight is 485 g/mol. The summed E-state index contributed by atoms with van der Waals surface area (Å²) in [5.41, 5.74) is 0.267. The molecule has 1 N–H and O–H groups in total. The molecule has 0 unspecified atom stereocenters. The summed E-state index contributed by atoms with van der Waals surface area (Å²) in [6.07, 6.45) is 3.93. The Morgan fingerprint density at radius 1 is 1.03 bits per heavy atom. The minimum Gasteiger partial charge on any atom is -0.332 e. The third-order valence-electron chi connectivity index (χ3n) is 8.48. The van der Waals surface area contributed by atoms with Crippen molar-refractivity contribution >= 4 is 17.6 Å². The maximum atomic E-state index is 13.5. The van der Waals surface area contributed by atoms with Crippen molar-refractivity contribution in [1.29, 1.82) is 0 Å². The van der Waals surface area contributed by atoms with Gasteiger partial charge in [0, 0.05) is 17.7 Å². The molecular weight excluding hydrogens is 457 g/mol. The fraction of sp³-hybridized carbons (Fsp3) is 0.538. The van der Waals surface area contributed by atoms with Crippen molar-refractivity contribution in [2.75, 3.05) is 11.9 Å². The van der Waals surface area contributed by atoms with Crippen molar-refractivity contribution in [1.82, 2.24) is 14.9 Å². The molecule has 0 atom stereocenters. The number of rotatable bonds is 3. The van der Waals surface area contributed by atoms with Crippen LogP contribution in [-0.2, 0) is 23.9 Å². The Balaban J connectivity index is 1.19. The summed E-state index contributed by atoms with van der Waals surface area (Å²) in [6, 6.07) is 4.47. The fourth-order valence-electron chi connectivity index (χ4n) is 7.28. The number of anilines is 1. The van der Waals surface area contributed by atoms with Gasteiger partial charge in [-0.05, 0) is 80.9 Å². The van der Waals surface area contributed by atoms with Gasteiger partial charge in [0.05, 0.1) is 23.2 Å². The molecule has 1 aliphatic heterocycles. The van der Waals surface area contributed by atoms with Gasteiger partial charge < -0.3 is 10.2 Å². The van der Waals surface area contributed by atoms with Crippen LogP contribution in [0.15, 0.2) is 30.6 Å². The molecule has 2 aromatic rings. The molecule has 5 aliphatic rings. The van der Waals surface area contributed by atoms with Crippen LogP contribution >= 0.6 is 0 Å². The van der Waals surface area contributed by atoms with E-state index in [2.05, 4.69) is 15.3 Å². The van der Waals surface area contributed by atoms with Crippen LogP contribution in [0.3, 0.4) is 0 Å². The summed E-state index contributed by atoms with van der Waals surface area (Å²) < 4.78 is 39.2. The molecule has 1 aromatic carbocycles. The van der Waals surface area contributed by atoms with Gasteiger partial charge in [-0.25, -0.2) is 9.97 Å². The molecule has 1 aromatic heterocycles. The molecule has 35 heavy (non-hydrogen) atoms. The number of carbonyl (C=O) groups is 2. The van der Waals surface area contributed by atoms with Crippen molar-refractivity contribution < 1.29 is 22.8 Å². The predicted molar refractivity (Wildman–Crippen MR) is 121 cm³/mol. The maximum Gasteiger partial charge on any atom is 0.416 e. The van der Waals surface area contributed by atoms with Crippen molar-refractivity contribution in [3.8, 4) is 0 Å². The second-order valence-electron chi connectivity index (χ2n) is 10.9. The van der Waals surface area contributed by atoms with E-state index in [9.17, 15) is 22.8 Å². The van der Waals surface area contributed by atoms with E-state index in [1.807, 2.05) is 0 Å². The van der Waals surface area contributed by atoms with Gasteiger partial charge in [0.2, 0.25) is 5.91 Å². The van der Waals surface area contributed by atoms with Crippen LogP contribution in [-0.4, -0.2) is 33.2 Å². The van der Waals surface area contributed by atoms with Crippen molar-refractivity contribution in [3.63, 3.8) is 0 Å². The Hall–Kier alpha value is -2.97. The Kier molecular flexibility index (Phi) is 5.16. The number of nitrogens with one attached hydrogen (secondary N) is 1. The minimum atomic E-state index is -4.51. The minimum absolute atomic E-state index is 0.00678. The number of fused-ring (bicyclic) bond motifs is 1. The van der Waals surface area contributed by atoms with Gasteiger partial charge in [-0.1, -0.05) is 6.07 Å². The Labute approximate surface area is 201 Å². The van der Waals surface area contributed by atoms with Crippen LogP contribution in [0.1, 0.15) is 65.7 Å². The number of halogens is 3. The molecule has 2 amide bonds. The van der Waals surface area contributed by atoms with Gasteiger partial charge in [0.1, 0.15) is 12.1 Å². The van der Waals surface area contributed by atoms with E-state index in [1.54, 1.807) is 0 Å². The number of carbonyl (C=O) groups excluding carboxylic acids is 2. The Morgan fingerprint density at radius 2 is 1.71 bits per heavy atom. The van der Waals surface area contributed by atoms with E-state index in [0.29, 0.717) is 42.2 Å². The number of hydrogen-bond acceptors (Lipinski definition) is 4. The van der Waals surface area contributed by atoms with Crippen molar-refractivity contribution in [2.24, 2.45) is 23.2 Å². The first-order chi connectivity index (χ1) is 16.7. The normalized spacial score (nSPS) is 29.1. The second kappa shape index (κ2) is 8.03. The fourth-order valence-corrected chi connectivity index (χ4v) is 7.28. The monoisotopic (exact) mass is 484 g/mol. The molecule has 0 saturated heterocycles. The Bertz CT molecular complexity index is 1160. The van der Waals surface area contributed by atoms with Crippen molar-refractivity contribution in [2.45, 2.75) is 57.7 Å². The van der Waals surface area contributed by atoms with Crippen LogP contribution < -0.4 is 5.32 Å². The van der Waals surface area contributed by atoms with E-state index in [-0.39, 0.29) is 23.4 Å². The summed E-state index contributed by atoms with van der Waals surface area (Å²) in [7, 11) is 0. The quantitative estimate of drug-likeness (QED) is 0.676. The zero-order valence-electron chi connectivity index (χ0n) is 19.3. The molecule has 4 aliphatic carbocycles. The lowest BCUT2D eigenvalue weighted by molar-refractivity contribution is -0.140. The summed E-state index contributed by atoms with van der Waals surface area (Å²) in [5.74, 6) is 2.05. The molecule has 4 fully saturated rings. The third kappa shape index (κ3) is 3.98. The first kappa shape index (κ1) is 22.5. The Morgan fingerprint density at radius 3 is 2.37 bits per heavy atom. The highest BCUT2D eigenvalue weighted by Gasteiger charge is 2.54. The molecule has 0 radical (unpaired) electrons. The van der Waals surface area contributed by atoms with E-state index in [4.69, 9.17) is 0 Å². The lowest BCUT2D eigenvalue weighted by Crippen LogP contribution is -2.52. The first-order valence-electron chi connectivity index (χ1n) is 12.3. The first-order valence-corrected chi connectivity index (χ1v) is 12.3. The number of alkyl halides is 3. The second-order valence-corrected chi connectivity index (χ2v) is 10.9. The lowest BCUT2D eigenvalue weighted by atomic mass is 9.49. The molecule has 4 saturated carbocycles. The summed E-state index contributed by atoms with van der Waals surface area (Å²) in [5, 5.41) is 3.11. The molecule has 0 spiro atoms. The number of benzene rings is 1. The average Bonchev–Trinajstić information content (AvgIpc) is 2.82. The zero-order valence-corrected chi connectivity index (χ0v) is 19.3. The topological polar surface area (TPSA) is 75.2 Å². The molecule has 4 bridgehead atoms. The van der Waals surface area contributed by atoms with E-state index < -0.39 is 17.6 Å². The highest BCUT2D eigenvalue weighted by Crippen LogP contribution is 2.60. The van der Waals surface area contributed by atoms with E-state index in [1.165, 1.54) is 42.6 Å². The highest BCUT2D eigenvalue weighted by molar-refractivity contribution is 5.96. The van der Waals surface area contributed by atoms with Gasteiger partial charge in [0.15, 0.2) is 0 Å². The number of aromatic nitrogens is 2. The molecule has 7 rings (SSSR count). The van der Waals surface area contributed by atoms with Gasteiger partial charge in [-0.15, -0.1) is 0 Å². The predicted octanol–water partition coefficient (Wildman–Crippen LogP) is 4.85. The summed E-state index contributed by atoms with van der Waals surface area (Å²) in [6.45, 7) is 0.475. The van der Waals surface area contributed by atoms with Crippen LogP contribution in [0.25, 0.3) is 0 Å². The number of amides is 2. The van der Waals surface area contributed by atoms with Crippen molar-refractivity contribution in [3.05, 3.63) is 53.0 Å². The lowest BCUT2D eigenvalue weighted by Gasteiger charge is -2.55. The molecule has 9 heteroatoms. The number of hydrogen-bond donors (Lipinski definition) is 1. The highest BCUT2D eigenvalue weighted by atomic mass is 19.4. The van der Waals surface area contributed by atoms with Gasteiger partial charge in [0.25, 0.3) is 5.91 Å². The SMILES string of the molecule is O=C(c1cccc(C(F)(F)F)c1)N1CCc2c(ncnc2NC(=O)C23CC4CC(CC(C4)C2)C3)C1. The van der Waals surface area contributed by atoms with Crippen LogP contribution in [0.2, 0.25) is 0 Å². The van der Waals surface area contributed by atoms with Crippen LogP contribution in [0.5, 0.6) is 0 Å². The molecule has 2 heterocycles. The van der Waals surface area contributed by atoms with Gasteiger partial charge in [-0.2, -0.15) is 13.2 Å². The van der Waals surface area contributed by atoms with Crippen LogP contribution in [0, 0.1) is 23.2 Å². The summed E-state index contributed by atoms with van der Waals surface area (Å²) >= 11 is 0. The van der Waals surface area contributed by atoms with E-state index in [0.717, 1.165) is 37.0 Å². The van der Waals surface area contributed by atoms with Gasteiger partial charge in [-0.3, -0.25) is 9.59 Å². The molecular formula is C26H27F3N4O2.